The van der Waals surface area contributed by atoms with Crippen LogP contribution in [-0.2, 0) is 4.74 Å². The molecule has 2 heterocycles. The molecule has 5 rings (SSSR count). The number of alkyl carbamates (subject to hydrolysis) is 1. The van der Waals surface area contributed by atoms with E-state index in [0.29, 0.717) is 29.1 Å². The largest absolute Gasteiger partial charge is 0.444 e. The monoisotopic (exact) mass is 633 g/mol. The summed E-state index contributed by atoms with van der Waals surface area (Å²) in [6.45, 7) is 10.7. The Bertz CT molecular complexity index is 1510. The van der Waals surface area contributed by atoms with Crippen molar-refractivity contribution in [3.05, 3.63) is 59.8 Å². The molecule has 0 aliphatic heterocycles. The first kappa shape index (κ1) is 33.9. The number of pyridine rings is 1. The standard InChI is InChI=1S/C37H52FN5O3/c1-24(2)42(7)35(44)31-20-27(38)12-17-33(31)43-23-32(30-18-19-39-21-34(30)43)26-10-15-29(16-11-26)41(6)22-25-8-13-28(14-9-25)40-36(45)46-37(3,4)5/h12,17-21,23-26,28-29H,8-11,13-16,22H2,1-7H3,(H,40,45). The molecule has 0 bridgehead atoms. The van der Waals surface area contributed by atoms with E-state index in [1.165, 1.54) is 17.7 Å². The molecular formula is C37H52FN5O3. The lowest BCUT2D eigenvalue weighted by molar-refractivity contribution is 0.0481. The highest BCUT2D eigenvalue weighted by Crippen LogP contribution is 2.40. The number of hydrogen-bond donors (Lipinski definition) is 1. The number of rotatable bonds is 8. The van der Waals surface area contributed by atoms with Gasteiger partial charge in [0.25, 0.3) is 5.91 Å². The molecule has 1 aromatic carbocycles. The summed E-state index contributed by atoms with van der Waals surface area (Å²) in [5, 5.41) is 4.20. The van der Waals surface area contributed by atoms with Gasteiger partial charge in [-0.25, -0.2) is 9.18 Å². The third kappa shape index (κ3) is 7.91. The molecule has 9 heteroatoms. The van der Waals surface area contributed by atoms with E-state index in [4.69, 9.17) is 4.74 Å². The minimum Gasteiger partial charge on any atom is -0.444 e. The zero-order valence-corrected chi connectivity index (χ0v) is 28.7. The molecule has 0 saturated heterocycles. The van der Waals surface area contributed by atoms with E-state index in [9.17, 15) is 14.0 Å². The van der Waals surface area contributed by atoms with Crippen LogP contribution in [0.2, 0.25) is 0 Å². The zero-order chi connectivity index (χ0) is 33.2. The van der Waals surface area contributed by atoms with Gasteiger partial charge in [-0.3, -0.25) is 9.78 Å². The number of carbonyl (C=O) groups is 2. The van der Waals surface area contributed by atoms with Gasteiger partial charge in [0, 0.05) is 49.5 Å². The van der Waals surface area contributed by atoms with Crippen LogP contribution in [0.25, 0.3) is 16.6 Å². The minimum absolute atomic E-state index is 0.00763. The van der Waals surface area contributed by atoms with Crippen molar-refractivity contribution >= 4 is 22.9 Å². The zero-order valence-electron chi connectivity index (χ0n) is 28.7. The topological polar surface area (TPSA) is 79.7 Å². The molecule has 2 amide bonds. The highest BCUT2D eigenvalue weighted by molar-refractivity contribution is 5.99. The van der Waals surface area contributed by atoms with Crippen LogP contribution in [0, 0.1) is 11.7 Å². The third-order valence-corrected chi connectivity index (χ3v) is 10.1. The van der Waals surface area contributed by atoms with Crippen LogP contribution in [0.5, 0.6) is 0 Å². The lowest BCUT2D eigenvalue weighted by Gasteiger charge is -2.38. The fourth-order valence-electron chi connectivity index (χ4n) is 7.29. The Kier molecular flexibility index (Phi) is 10.4. The number of benzene rings is 1. The van der Waals surface area contributed by atoms with Crippen LogP contribution < -0.4 is 5.32 Å². The second-order valence-electron chi connectivity index (χ2n) is 14.8. The number of ether oxygens (including phenoxy) is 1. The summed E-state index contributed by atoms with van der Waals surface area (Å²) in [7, 11) is 4.03. The highest BCUT2D eigenvalue weighted by Gasteiger charge is 2.31. The lowest BCUT2D eigenvalue weighted by atomic mass is 9.80. The number of hydrogen-bond acceptors (Lipinski definition) is 5. The van der Waals surface area contributed by atoms with Crippen molar-refractivity contribution in [1.82, 2.24) is 24.7 Å². The van der Waals surface area contributed by atoms with Crippen LogP contribution >= 0.6 is 0 Å². The second-order valence-corrected chi connectivity index (χ2v) is 14.8. The summed E-state index contributed by atoms with van der Waals surface area (Å²) in [5.41, 5.74) is 2.75. The van der Waals surface area contributed by atoms with Gasteiger partial charge in [0.2, 0.25) is 0 Å². The summed E-state index contributed by atoms with van der Waals surface area (Å²) in [4.78, 5) is 34.2. The van der Waals surface area contributed by atoms with Gasteiger partial charge in [0.15, 0.2) is 0 Å². The number of fused-ring (bicyclic) bond motifs is 1. The Hall–Kier alpha value is -3.46. The number of nitrogens with zero attached hydrogens (tertiary/aromatic N) is 4. The Balaban J connectivity index is 1.23. The van der Waals surface area contributed by atoms with Crippen molar-refractivity contribution in [2.24, 2.45) is 5.92 Å². The number of aromatic nitrogens is 2. The van der Waals surface area contributed by atoms with E-state index >= 15 is 0 Å². The maximum Gasteiger partial charge on any atom is 0.407 e. The lowest BCUT2D eigenvalue weighted by Crippen LogP contribution is -2.43. The van der Waals surface area contributed by atoms with E-state index in [1.54, 1.807) is 18.0 Å². The van der Waals surface area contributed by atoms with E-state index in [2.05, 4.69) is 34.5 Å². The van der Waals surface area contributed by atoms with Crippen molar-refractivity contribution < 1.29 is 18.7 Å². The second kappa shape index (κ2) is 14.1. The molecule has 2 saturated carbocycles. The molecule has 0 radical (unpaired) electrons. The molecule has 3 aromatic rings. The Labute approximate surface area is 273 Å². The maximum absolute atomic E-state index is 14.4. The summed E-state index contributed by atoms with van der Waals surface area (Å²) >= 11 is 0. The first-order chi connectivity index (χ1) is 21.8. The molecule has 0 atom stereocenters. The van der Waals surface area contributed by atoms with E-state index in [-0.39, 0.29) is 24.1 Å². The normalized spacial score (nSPS) is 22.3. The van der Waals surface area contributed by atoms with Crippen molar-refractivity contribution in [2.75, 3.05) is 20.6 Å². The van der Waals surface area contributed by atoms with E-state index in [1.807, 2.05) is 51.6 Å². The molecule has 2 fully saturated rings. The van der Waals surface area contributed by atoms with Gasteiger partial charge < -0.3 is 24.4 Å². The predicted octanol–water partition coefficient (Wildman–Crippen LogP) is 7.69. The number of nitrogens with one attached hydrogen (secondary N) is 1. The molecule has 2 aromatic heterocycles. The van der Waals surface area contributed by atoms with Gasteiger partial charge in [-0.15, -0.1) is 0 Å². The van der Waals surface area contributed by atoms with Gasteiger partial charge in [-0.2, -0.15) is 0 Å². The third-order valence-electron chi connectivity index (χ3n) is 10.1. The number of halogens is 1. The smallest absolute Gasteiger partial charge is 0.407 e. The molecule has 0 spiro atoms. The summed E-state index contributed by atoms with van der Waals surface area (Å²) < 4.78 is 21.9. The van der Waals surface area contributed by atoms with Crippen LogP contribution in [-0.4, -0.2) is 75.7 Å². The molecule has 8 nitrogen and oxygen atoms in total. The van der Waals surface area contributed by atoms with Crippen molar-refractivity contribution in [2.45, 2.75) is 116 Å². The molecule has 2 aliphatic rings. The fourth-order valence-corrected chi connectivity index (χ4v) is 7.29. The van der Waals surface area contributed by atoms with Crippen LogP contribution in [0.4, 0.5) is 9.18 Å². The van der Waals surface area contributed by atoms with Gasteiger partial charge in [0.05, 0.1) is 23.0 Å². The Morgan fingerprint density at radius 1 is 1.04 bits per heavy atom. The highest BCUT2D eigenvalue weighted by atomic mass is 19.1. The van der Waals surface area contributed by atoms with Gasteiger partial charge in [-0.05, 0) is 135 Å². The SMILES string of the molecule is CC(C)N(C)C(=O)c1cc(F)ccc1-n1cc(C2CCC(N(C)CC3CCC(NC(=O)OC(C)(C)C)CC3)CC2)c2ccncc21. The maximum atomic E-state index is 14.4. The number of amides is 2. The van der Waals surface area contributed by atoms with Crippen molar-refractivity contribution in [3.8, 4) is 5.69 Å². The number of carbonyl (C=O) groups excluding carboxylic acids is 2. The van der Waals surface area contributed by atoms with Crippen LogP contribution in [0.1, 0.15) is 108 Å². The summed E-state index contributed by atoms with van der Waals surface area (Å²) in [6.07, 6.45) is 14.2. The Morgan fingerprint density at radius 3 is 2.39 bits per heavy atom. The quantitative estimate of drug-likeness (QED) is 0.275. The van der Waals surface area contributed by atoms with Crippen LogP contribution in [0.15, 0.2) is 42.9 Å². The molecular weight excluding hydrogens is 581 g/mol. The van der Waals surface area contributed by atoms with Gasteiger partial charge in [-0.1, -0.05) is 0 Å². The van der Waals surface area contributed by atoms with E-state index < -0.39 is 11.4 Å². The average Bonchev–Trinajstić information content (AvgIpc) is 3.40. The molecule has 1 N–H and O–H groups in total. The summed E-state index contributed by atoms with van der Waals surface area (Å²) in [6, 6.07) is 7.30. The average molecular weight is 634 g/mol. The summed E-state index contributed by atoms with van der Waals surface area (Å²) in [5.74, 6) is 0.426. The molecule has 0 unspecified atom stereocenters. The Morgan fingerprint density at radius 2 is 1.74 bits per heavy atom. The molecule has 250 valence electrons. The van der Waals surface area contributed by atoms with E-state index in [0.717, 1.165) is 68.8 Å². The first-order valence-corrected chi connectivity index (χ1v) is 17.0. The predicted molar refractivity (Wildman–Crippen MR) is 181 cm³/mol. The molecule has 46 heavy (non-hydrogen) atoms. The fraction of sp³-hybridized carbons (Fsp3) is 0.595. The molecule has 2 aliphatic carbocycles. The van der Waals surface area contributed by atoms with Crippen LogP contribution in [0.3, 0.4) is 0 Å². The van der Waals surface area contributed by atoms with Crippen molar-refractivity contribution in [3.63, 3.8) is 0 Å². The minimum atomic E-state index is -0.478. The van der Waals surface area contributed by atoms with Gasteiger partial charge >= 0.3 is 6.09 Å². The van der Waals surface area contributed by atoms with Crippen molar-refractivity contribution in [1.29, 1.82) is 0 Å². The first-order valence-electron chi connectivity index (χ1n) is 17.0. The van der Waals surface area contributed by atoms with Gasteiger partial charge in [0.1, 0.15) is 11.4 Å².